The number of hydrogen-bond donors (Lipinski definition) is 1. The number of rotatable bonds is 7. The smallest absolute Gasteiger partial charge is 0.255 e. The number of thioether (sulfide) groups is 1. The predicted molar refractivity (Wildman–Crippen MR) is 119 cm³/mol. The zero-order chi connectivity index (χ0) is 20.2. The Labute approximate surface area is 178 Å². The van der Waals surface area contributed by atoms with Crippen molar-refractivity contribution < 1.29 is 9.53 Å². The van der Waals surface area contributed by atoms with Gasteiger partial charge in [0.2, 0.25) is 0 Å². The number of nitrogens with zero attached hydrogens (tertiary/aromatic N) is 1. The van der Waals surface area contributed by atoms with Crippen molar-refractivity contribution in [3.05, 3.63) is 58.7 Å². The number of carbonyl (C=O) groups excluding carboxylic acids is 1. The lowest BCUT2D eigenvalue weighted by Crippen LogP contribution is -2.47. The molecular formula is C24H30N2O2S. The Morgan fingerprint density at radius 2 is 2.03 bits per heavy atom. The molecule has 2 aliphatic heterocycles. The number of carbonyl (C=O) groups is 1. The molecule has 29 heavy (non-hydrogen) atoms. The van der Waals surface area contributed by atoms with Crippen molar-refractivity contribution in [2.75, 3.05) is 25.4 Å². The topological polar surface area (TPSA) is 41.6 Å². The minimum Gasteiger partial charge on any atom is -0.492 e. The monoisotopic (exact) mass is 410 g/mol. The Kier molecular flexibility index (Phi) is 6.46. The summed E-state index contributed by atoms with van der Waals surface area (Å²) in [4.78, 5) is 16.8. The normalized spacial score (nSPS) is 18.1. The summed E-state index contributed by atoms with van der Waals surface area (Å²) in [7, 11) is 0. The number of benzene rings is 2. The molecule has 2 aromatic rings. The van der Waals surface area contributed by atoms with Crippen molar-refractivity contribution in [1.82, 2.24) is 10.2 Å². The van der Waals surface area contributed by atoms with Crippen LogP contribution in [0.3, 0.4) is 0 Å². The SMILES string of the molecule is CCCN1Cc2ccccc2C[C@H]1CNC(=O)c1cc(SCC)cc2c1OCC2. The Bertz CT molecular complexity index is 883. The molecule has 1 N–H and O–H groups in total. The van der Waals surface area contributed by atoms with Gasteiger partial charge in [0.25, 0.3) is 5.91 Å². The van der Waals surface area contributed by atoms with Gasteiger partial charge in [-0.3, -0.25) is 9.69 Å². The van der Waals surface area contributed by atoms with Crippen LogP contribution in [-0.4, -0.2) is 42.3 Å². The fraction of sp³-hybridized carbons (Fsp3) is 0.458. The number of ether oxygens (including phenoxy) is 1. The second-order valence-corrected chi connectivity index (χ2v) is 9.14. The molecule has 2 aromatic carbocycles. The minimum absolute atomic E-state index is 0.0167. The second kappa shape index (κ2) is 9.23. The van der Waals surface area contributed by atoms with Crippen molar-refractivity contribution in [2.45, 2.75) is 50.6 Å². The number of hydrogen-bond acceptors (Lipinski definition) is 4. The van der Waals surface area contributed by atoms with Gasteiger partial charge in [-0.15, -0.1) is 11.8 Å². The lowest BCUT2D eigenvalue weighted by molar-refractivity contribution is 0.0922. The molecule has 1 atom stereocenters. The van der Waals surface area contributed by atoms with Gasteiger partial charge >= 0.3 is 0 Å². The Hall–Kier alpha value is -1.98. The molecule has 0 spiro atoms. The van der Waals surface area contributed by atoms with E-state index in [9.17, 15) is 4.79 Å². The molecule has 0 bridgehead atoms. The van der Waals surface area contributed by atoms with E-state index < -0.39 is 0 Å². The predicted octanol–water partition coefficient (Wildman–Crippen LogP) is 4.30. The first-order valence-electron chi connectivity index (χ1n) is 10.7. The molecule has 5 heteroatoms. The van der Waals surface area contributed by atoms with Crippen LogP contribution in [0.4, 0.5) is 0 Å². The van der Waals surface area contributed by atoms with Gasteiger partial charge in [-0.1, -0.05) is 38.1 Å². The van der Waals surface area contributed by atoms with E-state index in [-0.39, 0.29) is 5.91 Å². The van der Waals surface area contributed by atoms with Gasteiger partial charge in [-0.25, -0.2) is 0 Å². The third-order valence-electron chi connectivity index (χ3n) is 5.79. The van der Waals surface area contributed by atoms with Crippen molar-refractivity contribution in [3.8, 4) is 5.75 Å². The Balaban J connectivity index is 1.49. The van der Waals surface area contributed by atoms with Crippen LogP contribution in [-0.2, 0) is 19.4 Å². The number of amides is 1. The van der Waals surface area contributed by atoms with Crippen LogP contribution in [0, 0.1) is 0 Å². The highest BCUT2D eigenvalue weighted by Crippen LogP contribution is 2.34. The highest BCUT2D eigenvalue weighted by Gasteiger charge is 2.27. The average Bonchev–Trinajstić information content (AvgIpc) is 3.20. The molecule has 0 unspecified atom stereocenters. The molecule has 0 fully saturated rings. The highest BCUT2D eigenvalue weighted by molar-refractivity contribution is 7.99. The van der Waals surface area contributed by atoms with E-state index in [1.165, 1.54) is 11.1 Å². The molecule has 4 nitrogen and oxygen atoms in total. The standard InChI is InChI=1S/C24H30N2O2S/c1-3-10-26-16-19-8-6-5-7-17(19)12-20(26)15-25-24(27)22-14-21(29-4-2)13-18-9-11-28-23(18)22/h5-8,13-14,20H,3-4,9-12,15-16H2,1-2H3,(H,25,27)/t20-/m0/s1. The summed E-state index contributed by atoms with van der Waals surface area (Å²) < 4.78 is 5.80. The van der Waals surface area contributed by atoms with Crippen LogP contribution in [0.15, 0.2) is 41.3 Å². The fourth-order valence-electron chi connectivity index (χ4n) is 4.40. The van der Waals surface area contributed by atoms with E-state index in [1.54, 1.807) is 11.8 Å². The van der Waals surface area contributed by atoms with Crippen LogP contribution < -0.4 is 10.1 Å². The van der Waals surface area contributed by atoms with E-state index in [2.05, 4.69) is 54.4 Å². The third kappa shape index (κ3) is 4.46. The molecule has 0 saturated heterocycles. The second-order valence-electron chi connectivity index (χ2n) is 7.80. The lowest BCUT2D eigenvalue weighted by atomic mass is 9.93. The van der Waals surface area contributed by atoms with Gasteiger partial charge in [0.05, 0.1) is 12.2 Å². The van der Waals surface area contributed by atoms with Gasteiger partial charge in [-0.2, -0.15) is 0 Å². The van der Waals surface area contributed by atoms with Gasteiger partial charge in [0, 0.05) is 30.4 Å². The molecule has 2 heterocycles. The lowest BCUT2D eigenvalue weighted by Gasteiger charge is -2.37. The maximum absolute atomic E-state index is 13.1. The zero-order valence-electron chi connectivity index (χ0n) is 17.4. The highest BCUT2D eigenvalue weighted by atomic mass is 32.2. The van der Waals surface area contributed by atoms with Gasteiger partial charge in [0.15, 0.2) is 0 Å². The molecule has 2 aliphatic rings. The van der Waals surface area contributed by atoms with E-state index in [4.69, 9.17) is 4.74 Å². The van der Waals surface area contributed by atoms with Gasteiger partial charge in [0.1, 0.15) is 5.75 Å². The first-order chi connectivity index (χ1) is 14.2. The Morgan fingerprint density at radius 3 is 2.83 bits per heavy atom. The van der Waals surface area contributed by atoms with E-state index >= 15 is 0 Å². The van der Waals surface area contributed by atoms with Crippen molar-refractivity contribution in [1.29, 1.82) is 0 Å². The summed E-state index contributed by atoms with van der Waals surface area (Å²) >= 11 is 1.77. The largest absolute Gasteiger partial charge is 0.492 e. The van der Waals surface area contributed by atoms with Crippen molar-refractivity contribution in [3.63, 3.8) is 0 Å². The number of fused-ring (bicyclic) bond motifs is 2. The van der Waals surface area contributed by atoms with Crippen LogP contribution in [0.2, 0.25) is 0 Å². The summed E-state index contributed by atoms with van der Waals surface area (Å²) in [5, 5.41) is 3.22. The maximum Gasteiger partial charge on any atom is 0.255 e. The molecule has 0 aliphatic carbocycles. The third-order valence-corrected chi connectivity index (χ3v) is 6.64. The zero-order valence-corrected chi connectivity index (χ0v) is 18.2. The first kappa shape index (κ1) is 20.3. The molecule has 0 saturated carbocycles. The summed E-state index contributed by atoms with van der Waals surface area (Å²) in [6.07, 6.45) is 2.98. The summed E-state index contributed by atoms with van der Waals surface area (Å²) in [6, 6.07) is 13.2. The van der Waals surface area contributed by atoms with E-state index in [0.717, 1.165) is 54.3 Å². The van der Waals surface area contributed by atoms with Crippen molar-refractivity contribution >= 4 is 17.7 Å². The summed E-state index contributed by atoms with van der Waals surface area (Å²) in [5.41, 5.74) is 4.67. The maximum atomic E-state index is 13.1. The van der Waals surface area contributed by atoms with Crippen LogP contribution in [0.25, 0.3) is 0 Å². The van der Waals surface area contributed by atoms with Crippen LogP contribution in [0.5, 0.6) is 5.75 Å². The van der Waals surface area contributed by atoms with Gasteiger partial charge in [-0.05, 0) is 54.0 Å². The fourth-order valence-corrected chi connectivity index (χ4v) is 5.16. The Morgan fingerprint density at radius 1 is 1.21 bits per heavy atom. The molecule has 154 valence electrons. The van der Waals surface area contributed by atoms with E-state index in [0.29, 0.717) is 24.8 Å². The van der Waals surface area contributed by atoms with Gasteiger partial charge < -0.3 is 10.1 Å². The van der Waals surface area contributed by atoms with Crippen LogP contribution >= 0.6 is 11.8 Å². The average molecular weight is 411 g/mol. The van der Waals surface area contributed by atoms with Crippen LogP contribution in [0.1, 0.15) is 47.3 Å². The minimum atomic E-state index is -0.0167. The molecule has 0 radical (unpaired) electrons. The summed E-state index contributed by atoms with van der Waals surface area (Å²) in [5.74, 6) is 1.76. The first-order valence-corrected chi connectivity index (χ1v) is 11.7. The molecular weight excluding hydrogens is 380 g/mol. The van der Waals surface area contributed by atoms with Crippen molar-refractivity contribution in [2.24, 2.45) is 0 Å². The molecule has 1 amide bonds. The molecule has 4 rings (SSSR count). The summed E-state index contributed by atoms with van der Waals surface area (Å²) in [6.45, 7) is 7.69. The van der Waals surface area contributed by atoms with E-state index in [1.807, 2.05) is 6.07 Å². The quantitative estimate of drug-likeness (QED) is 0.691. The number of nitrogens with one attached hydrogen (secondary N) is 1. The molecule has 0 aromatic heterocycles.